The second-order valence-electron chi connectivity index (χ2n) is 4.37. The van der Waals surface area contributed by atoms with Crippen molar-refractivity contribution < 1.29 is 25.1 Å². The second-order valence-corrected chi connectivity index (χ2v) is 6.43. The molecule has 1 unspecified atom stereocenters. The van der Waals surface area contributed by atoms with Crippen LogP contribution in [0.4, 0.5) is 0 Å². The van der Waals surface area contributed by atoms with Crippen LogP contribution in [0.1, 0.15) is 22.9 Å². The van der Waals surface area contributed by atoms with Gasteiger partial charge in [-0.3, -0.25) is 4.79 Å². The molecular formula is C15H14Cl2LiOP. The van der Waals surface area contributed by atoms with Crippen molar-refractivity contribution in [3.05, 3.63) is 63.1 Å². The van der Waals surface area contributed by atoms with Crippen LogP contribution in [0, 0.1) is 13.8 Å². The fourth-order valence-electron chi connectivity index (χ4n) is 1.77. The first-order chi connectivity index (χ1) is 8.99. The van der Waals surface area contributed by atoms with Crippen LogP contribution in [0.2, 0.25) is 10.0 Å². The predicted octanol–water partition coefficient (Wildman–Crippen LogP) is 1.87. The molecule has 2 aromatic rings. The molecule has 0 aliphatic carbocycles. The number of rotatable bonds is 3. The van der Waals surface area contributed by atoms with Gasteiger partial charge >= 0.3 is 18.9 Å². The minimum Gasteiger partial charge on any atom is -1.00 e. The summed E-state index contributed by atoms with van der Waals surface area (Å²) in [5, 5.41) is 1.87. The molecule has 5 heteroatoms. The maximum atomic E-state index is 12.4. The number of aryl methyl sites for hydroxylation is 2. The smallest absolute Gasteiger partial charge is 1.00 e. The molecule has 0 aromatic heterocycles. The predicted molar refractivity (Wildman–Crippen MR) is 85.8 cm³/mol. The van der Waals surface area contributed by atoms with Gasteiger partial charge in [0.2, 0.25) is 0 Å². The summed E-state index contributed by atoms with van der Waals surface area (Å²) in [6.45, 7) is 4.02. The minimum atomic E-state index is -0.0238. The van der Waals surface area contributed by atoms with Crippen molar-refractivity contribution in [1.29, 1.82) is 0 Å². The van der Waals surface area contributed by atoms with Gasteiger partial charge < -0.3 is 1.43 Å². The summed E-state index contributed by atoms with van der Waals surface area (Å²) < 4.78 is 0. The molecule has 1 nitrogen and oxygen atoms in total. The largest absolute Gasteiger partial charge is 1.00 e. The summed E-state index contributed by atoms with van der Waals surface area (Å²) >= 11 is 12.1. The molecule has 20 heavy (non-hydrogen) atoms. The molecule has 0 radical (unpaired) electrons. The van der Waals surface area contributed by atoms with Crippen LogP contribution in [-0.2, 0) is 0 Å². The molecule has 0 saturated heterocycles. The van der Waals surface area contributed by atoms with E-state index < -0.39 is 0 Å². The molecular weight excluding hydrogens is 305 g/mol. The van der Waals surface area contributed by atoms with Crippen molar-refractivity contribution in [3.63, 3.8) is 0 Å². The molecule has 0 saturated carbocycles. The Morgan fingerprint density at radius 1 is 1.10 bits per heavy atom. The summed E-state index contributed by atoms with van der Waals surface area (Å²) in [6.07, 6.45) is 0. The van der Waals surface area contributed by atoms with E-state index in [0.29, 0.717) is 15.6 Å². The van der Waals surface area contributed by atoms with Crippen molar-refractivity contribution in [2.45, 2.75) is 13.8 Å². The zero-order chi connectivity index (χ0) is 14.0. The Morgan fingerprint density at radius 2 is 1.70 bits per heavy atom. The average molecular weight is 319 g/mol. The van der Waals surface area contributed by atoms with Gasteiger partial charge in [-0.2, -0.15) is 0 Å². The Hall–Kier alpha value is -0.283. The summed E-state index contributed by atoms with van der Waals surface area (Å²) in [5.74, 6) is 0. The first-order valence-corrected chi connectivity index (χ1v) is 7.57. The Morgan fingerprint density at radius 3 is 2.30 bits per heavy atom. The van der Waals surface area contributed by atoms with Crippen LogP contribution >= 0.6 is 31.8 Å². The molecule has 0 N–H and O–H groups in total. The number of hydrogen-bond acceptors (Lipinski definition) is 1. The minimum absolute atomic E-state index is 0. The van der Waals surface area contributed by atoms with E-state index in [9.17, 15) is 4.79 Å². The average Bonchev–Trinajstić information content (AvgIpc) is 2.33. The number of benzene rings is 2. The van der Waals surface area contributed by atoms with Crippen LogP contribution in [-0.4, -0.2) is 5.52 Å². The van der Waals surface area contributed by atoms with Gasteiger partial charge in [-0.1, -0.05) is 53.0 Å². The van der Waals surface area contributed by atoms with Gasteiger partial charge in [-0.25, -0.2) is 0 Å². The fraction of sp³-hybridized carbons (Fsp3) is 0.133. The van der Waals surface area contributed by atoms with E-state index in [4.69, 9.17) is 23.2 Å². The van der Waals surface area contributed by atoms with E-state index in [1.807, 2.05) is 32.0 Å². The van der Waals surface area contributed by atoms with Crippen molar-refractivity contribution in [2.75, 3.05) is 0 Å². The topological polar surface area (TPSA) is 17.1 Å². The summed E-state index contributed by atoms with van der Waals surface area (Å²) in [7, 11) is 0.0359. The van der Waals surface area contributed by atoms with E-state index >= 15 is 0 Å². The Balaban J connectivity index is 0.00000200. The zero-order valence-electron chi connectivity index (χ0n) is 12.6. The molecule has 0 bridgehead atoms. The Kier molecular flexibility index (Phi) is 6.79. The number of hydrogen-bond donors (Lipinski definition) is 0. The molecule has 1 atom stereocenters. The molecule has 0 aliphatic heterocycles. The first-order valence-electron chi connectivity index (χ1n) is 5.81. The van der Waals surface area contributed by atoms with Crippen LogP contribution in [0.15, 0.2) is 36.4 Å². The van der Waals surface area contributed by atoms with E-state index in [-0.39, 0.29) is 34.4 Å². The third-order valence-corrected chi connectivity index (χ3v) is 4.75. The molecule has 0 spiro atoms. The number of halogens is 2. The van der Waals surface area contributed by atoms with Gasteiger partial charge in [-0.05, 0) is 45.4 Å². The van der Waals surface area contributed by atoms with E-state index in [0.717, 1.165) is 16.4 Å². The van der Waals surface area contributed by atoms with Gasteiger partial charge in [0.25, 0.3) is 0 Å². The number of carbonyl (C=O) groups is 1. The normalized spacial score (nSPS) is 10.6. The van der Waals surface area contributed by atoms with Gasteiger partial charge in [0.15, 0.2) is 5.52 Å². The van der Waals surface area contributed by atoms with Gasteiger partial charge in [-0.15, -0.1) is 0 Å². The Labute approximate surface area is 144 Å². The van der Waals surface area contributed by atoms with Crippen molar-refractivity contribution >= 4 is 42.6 Å². The number of carbonyl (C=O) groups excluding carboxylic acids is 1. The summed E-state index contributed by atoms with van der Waals surface area (Å²) in [6, 6.07) is 11.2. The molecule has 2 aromatic carbocycles. The maximum absolute atomic E-state index is 12.4. The van der Waals surface area contributed by atoms with E-state index in [1.165, 1.54) is 0 Å². The molecule has 0 aliphatic rings. The van der Waals surface area contributed by atoms with Gasteiger partial charge in [0.05, 0.1) is 15.6 Å². The van der Waals surface area contributed by atoms with Crippen LogP contribution in [0.3, 0.4) is 0 Å². The molecule has 0 fully saturated rings. The first kappa shape index (κ1) is 17.8. The molecule has 100 valence electrons. The summed E-state index contributed by atoms with van der Waals surface area (Å²) in [5.41, 5.74) is 2.65. The fourth-order valence-corrected chi connectivity index (χ4v) is 3.72. The third-order valence-electron chi connectivity index (χ3n) is 2.83. The zero-order valence-corrected chi connectivity index (χ0v) is 14.1. The monoisotopic (exact) mass is 318 g/mol. The molecule has 2 rings (SSSR count). The van der Waals surface area contributed by atoms with Crippen molar-refractivity contribution in [1.82, 2.24) is 0 Å². The maximum Gasteiger partial charge on any atom is 1.00 e. The standard InChI is InChI=1S/C15H13Cl2OP.Li.H/c1-9-6-7-10(2)13(8-9)19-15(18)14-11(16)4-3-5-12(14)17;;/h3-8,19H,1-2H3;;/q;+1;-1. The summed E-state index contributed by atoms with van der Waals surface area (Å²) in [4.78, 5) is 12.4. The van der Waals surface area contributed by atoms with Crippen LogP contribution in [0.25, 0.3) is 0 Å². The van der Waals surface area contributed by atoms with Crippen molar-refractivity contribution in [3.8, 4) is 0 Å². The van der Waals surface area contributed by atoms with Crippen LogP contribution in [0.5, 0.6) is 0 Å². The molecule has 0 heterocycles. The van der Waals surface area contributed by atoms with Gasteiger partial charge in [0, 0.05) is 0 Å². The van der Waals surface area contributed by atoms with E-state index in [1.54, 1.807) is 18.2 Å². The quantitative estimate of drug-likeness (QED) is 0.624. The SMILES string of the molecule is Cc1ccc(C)c(PC(=O)c2c(Cl)cccc2Cl)c1.[H-].[Li+]. The van der Waals surface area contributed by atoms with Crippen LogP contribution < -0.4 is 24.2 Å². The Bertz CT molecular complexity index is 629. The molecule has 0 amide bonds. The van der Waals surface area contributed by atoms with Gasteiger partial charge in [0.1, 0.15) is 0 Å². The van der Waals surface area contributed by atoms with E-state index in [2.05, 4.69) is 0 Å². The van der Waals surface area contributed by atoms with Crippen molar-refractivity contribution in [2.24, 2.45) is 0 Å². The third kappa shape index (κ3) is 4.11. The second kappa shape index (κ2) is 7.65.